The van der Waals surface area contributed by atoms with E-state index in [0.29, 0.717) is 16.7 Å². The van der Waals surface area contributed by atoms with Gasteiger partial charge in [0.15, 0.2) is 24.2 Å². The van der Waals surface area contributed by atoms with E-state index in [-0.39, 0.29) is 13.2 Å². The lowest BCUT2D eigenvalue weighted by molar-refractivity contribution is -0.167. The summed E-state index contributed by atoms with van der Waals surface area (Å²) in [7, 11) is 0. The molecule has 1 unspecified atom stereocenters. The number of carbonyl (C=O) groups is 4. The predicted octanol–water partition coefficient (Wildman–Crippen LogP) is 0.239. The fourth-order valence-corrected chi connectivity index (χ4v) is 4.47. The van der Waals surface area contributed by atoms with E-state index >= 15 is 0 Å². The van der Waals surface area contributed by atoms with E-state index in [4.69, 9.17) is 18.9 Å². The van der Waals surface area contributed by atoms with Crippen molar-refractivity contribution in [1.29, 1.82) is 0 Å². The number of nitrogens with one attached hydrogen (secondary N) is 1. The van der Waals surface area contributed by atoms with Crippen LogP contribution in [0.1, 0.15) is 26.3 Å². The summed E-state index contributed by atoms with van der Waals surface area (Å²) in [5.41, 5.74) is -0.501. The lowest BCUT2D eigenvalue weighted by Gasteiger charge is -2.34. The summed E-state index contributed by atoms with van der Waals surface area (Å²) in [4.78, 5) is 49.4. The topological polar surface area (TPSA) is 141 Å². The van der Waals surface area contributed by atoms with Crippen LogP contribution in [0.3, 0.4) is 0 Å². The monoisotopic (exact) mass is 486 g/mol. The number of hydrogen-bond donors (Lipinski definition) is 2. The minimum Gasteiger partial charge on any atom is -0.463 e. The molecule has 0 spiro atoms. The van der Waals surface area contributed by atoms with Gasteiger partial charge in [0.1, 0.15) is 12.7 Å². The van der Waals surface area contributed by atoms with E-state index in [2.05, 4.69) is 5.32 Å². The first kappa shape index (κ1) is 24.4. The molecule has 3 heterocycles. The molecule has 0 saturated carbocycles. The number of amides is 1. The fourth-order valence-electron chi connectivity index (χ4n) is 4.47. The quantitative estimate of drug-likeness (QED) is 0.424. The molecule has 0 aliphatic carbocycles. The fraction of sp³-hybridized carbons (Fsp3) is 0.417. The molecule has 4 rings (SSSR count). The maximum absolute atomic E-state index is 12.8. The van der Waals surface area contributed by atoms with Crippen LogP contribution in [0, 0.1) is 0 Å². The lowest BCUT2D eigenvalue weighted by Crippen LogP contribution is -2.47. The van der Waals surface area contributed by atoms with E-state index < -0.39 is 54.1 Å². The van der Waals surface area contributed by atoms with Crippen molar-refractivity contribution in [2.75, 3.05) is 13.2 Å². The van der Waals surface area contributed by atoms with Crippen LogP contribution in [0.5, 0.6) is 0 Å². The molecule has 3 aliphatic heterocycles. The molecule has 3 aliphatic rings. The SMILES string of the molecule is CC(=O)OC[C@H]1O[C@@H](N2C=CC3=C(C2)C(=O)NC3(O)c2ccccc2)[C@H](OC(C)=O)[C@@H]1OC(C)=O. The van der Waals surface area contributed by atoms with Crippen molar-refractivity contribution in [3.8, 4) is 0 Å². The molecule has 5 atom stereocenters. The average Bonchev–Trinajstić information content (AvgIpc) is 3.26. The van der Waals surface area contributed by atoms with Gasteiger partial charge < -0.3 is 34.3 Å². The first-order valence-corrected chi connectivity index (χ1v) is 11.0. The van der Waals surface area contributed by atoms with E-state index in [0.717, 1.165) is 0 Å². The minimum atomic E-state index is -1.69. The summed E-state index contributed by atoms with van der Waals surface area (Å²) in [5.74, 6) is -2.28. The first-order valence-electron chi connectivity index (χ1n) is 11.0. The summed E-state index contributed by atoms with van der Waals surface area (Å²) in [6.45, 7) is 3.42. The van der Waals surface area contributed by atoms with Gasteiger partial charge in [0.05, 0.1) is 6.54 Å². The number of benzene rings is 1. The highest BCUT2D eigenvalue weighted by molar-refractivity contribution is 6.00. The van der Waals surface area contributed by atoms with Crippen molar-refractivity contribution in [3.05, 3.63) is 59.3 Å². The Morgan fingerprint density at radius 1 is 1.09 bits per heavy atom. The molecule has 11 heteroatoms. The molecular formula is C24H26N2O9. The Kier molecular flexibility index (Phi) is 6.64. The molecule has 0 aromatic heterocycles. The Balaban J connectivity index is 1.62. The number of hydrogen-bond acceptors (Lipinski definition) is 10. The molecule has 0 radical (unpaired) electrons. The highest BCUT2D eigenvalue weighted by Crippen LogP contribution is 2.39. The second kappa shape index (κ2) is 9.51. The minimum absolute atomic E-state index is 0.0162. The molecule has 186 valence electrons. The Labute approximate surface area is 201 Å². The van der Waals surface area contributed by atoms with Gasteiger partial charge in [-0.3, -0.25) is 19.2 Å². The van der Waals surface area contributed by atoms with Crippen molar-refractivity contribution in [3.63, 3.8) is 0 Å². The van der Waals surface area contributed by atoms with Crippen LogP contribution in [0.15, 0.2) is 53.8 Å². The van der Waals surface area contributed by atoms with Gasteiger partial charge >= 0.3 is 17.9 Å². The predicted molar refractivity (Wildman–Crippen MR) is 118 cm³/mol. The van der Waals surface area contributed by atoms with Crippen LogP contribution in [-0.4, -0.2) is 71.5 Å². The van der Waals surface area contributed by atoms with Crippen molar-refractivity contribution >= 4 is 23.8 Å². The number of carbonyl (C=O) groups excluding carboxylic acids is 4. The van der Waals surface area contributed by atoms with Gasteiger partial charge in [-0.25, -0.2) is 0 Å². The smallest absolute Gasteiger partial charge is 0.303 e. The molecule has 1 aromatic carbocycles. The highest BCUT2D eigenvalue weighted by atomic mass is 16.7. The third-order valence-corrected chi connectivity index (χ3v) is 5.92. The van der Waals surface area contributed by atoms with Crippen LogP contribution < -0.4 is 5.32 Å². The molecule has 1 aromatic rings. The van der Waals surface area contributed by atoms with Gasteiger partial charge in [-0.1, -0.05) is 30.3 Å². The van der Waals surface area contributed by atoms with Gasteiger partial charge in [0.2, 0.25) is 0 Å². The maximum Gasteiger partial charge on any atom is 0.303 e. The van der Waals surface area contributed by atoms with Gasteiger partial charge in [-0.15, -0.1) is 0 Å². The van der Waals surface area contributed by atoms with Gasteiger partial charge in [-0.2, -0.15) is 0 Å². The van der Waals surface area contributed by atoms with E-state index in [1.165, 1.54) is 20.8 Å². The highest BCUT2D eigenvalue weighted by Gasteiger charge is 2.53. The maximum atomic E-state index is 12.8. The van der Waals surface area contributed by atoms with Gasteiger partial charge in [0.25, 0.3) is 5.91 Å². The molecule has 1 amide bonds. The van der Waals surface area contributed by atoms with Crippen molar-refractivity contribution in [1.82, 2.24) is 10.2 Å². The summed E-state index contributed by atoms with van der Waals surface area (Å²) in [6, 6.07) is 8.72. The average molecular weight is 486 g/mol. The molecule has 2 N–H and O–H groups in total. The molecule has 35 heavy (non-hydrogen) atoms. The largest absolute Gasteiger partial charge is 0.463 e. The van der Waals surface area contributed by atoms with Crippen molar-refractivity contribution < 1.29 is 43.2 Å². The first-order chi connectivity index (χ1) is 16.6. The lowest BCUT2D eigenvalue weighted by atomic mass is 9.92. The number of aliphatic hydroxyl groups is 1. The Bertz CT molecular complexity index is 1100. The van der Waals surface area contributed by atoms with E-state index in [1.807, 2.05) is 0 Å². The zero-order chi connectivity index (χ0) is 25.3. The number of ether oxygens (including phenoxy) is 4. The molecular weight excluding hydrogens is 460 g/mol. The summed E-state index contributed by atoms with van der Waals surface area (Å²) in [6.07, 6.45) is -0.818. The normalized spacial score (nSPS) is 29.5. The molecule has 0 bridgehead atoms. The van der Waals surface area contributed by atoms with Crippen molar-refractivity contribution in [2.45, 2.75) is 51.0 Å². The Morgan fingerprint density at radius 3 is 2.37 bits per heavy atom. The number of nitrogens with zero attached hydrogens (tertiary/aromatic N) is 1. The van der Waals surface area contributed by atoms with E-state index in [9.17, 15) is 24.3 Å². The molecule has 1 fully saturated rings. The zero-order valence-corrected chi connectivity index (χ0v) is 19.4. The molecule has 11 nitrogen and oxygen atoms in total. The third kappa shape index (κ3) is 4.77. The van der Waals surface area contributed by atoms with Gasteiger partial charge in [0, 0.05) is 43.7 Å². The van der Waals surface area contributed by atoms with Crippen LogP contribution in [0.4, 0.5) is 0 Å². The molecule has 1 saturated heterocycles. The third-order valence-electron chi connectivity index (χ3n) is 5.92. The van der Waals surface area contributed by atoms with Crippen LogP contribution >= 0.6 is 0 Å². The second-order valence-electron chi connectivity index (χ2n) is 8.43. The zero-order valence-electron chi connectivity index (χ0n) is 19.4. The van der Waals surface area contributed by atoms with E-state index in [1.54, 1.807) is 47.5 Å². The Morgan fingerprint density at radius 2 is 1.74 bits per heavy atom. The number of esters is 3. The summed E-state index contributed by atoms with van der Waals surface area (Å²) >= 11 is 0. The van der Waals surface area contributed by atoms with Crippen molar-refractivity contribution in [2.24, 2.45) is 0 Å². The van der Waals surface area contributed by atoms with Gasteiger partial charge in [-0.05, 0) is 6.08 Å². The summed E-state index contributed by atoms with van der Waals surface area (Å²) < 4.78 is 21.9. The van der Waals surface area contributed by atoms with Crippen LogP contribution in [0.25, 0.3) is 0 Å². The van der Waals surface area contributed by atoms with Crippen LogP contribution in [-0.2, 0) is 43.9 Å². The Hall–Kier alpha value is -3.70. The second-order valence-corrected chi connectivity index (χ2v) is 8.43. The number of rotatable bonds is 6. The summed E-state index contributed by atoms with van der Waals surface area (Å²) in [5, 5.41) is 13.9. The van der Waals surface area contributed by atoms with Crippen LogP contribution in [0.2, 0.25) is 0 Å². The standard InChI is InChI=1S/C24H26N2O9/c1-13(27)32-12-19-20(33-14(2)28)21(34-15(3)29)23(35-19)26-10-9-18-17(11-26)22(30)25-24(18,31)16-7-5-4-6-8-16/h4-10,19-21,23,31H,11-12H2,1-3H3,(H,25,30)/t19-,20-,21-,23-,24?/m1/s1.